The average molecular weight is 333 g/mol. The largest absolute Gasteiger partial charge is 0.484 e. The van der Waals surface area contributed by atoms with Crippen LogP contribution in [0.4, 0.5) is 0 Å². The predicted molar refractivity (Wildman–Crippen MR) is 91.1 cm³/mol. The second-order valence-electron chi connectivity index (χ2n) is 6.95. The molecular weight excluding hydrogens is 306 g/mol. The Morgan fingerprint density at radius 1 is 1.38 bits per heavy atom. The van der Waals surface area contributed by atoms with Gasteiger partial charge >= 0.3 is 0 Å². The van der Waals surface area contributed by atoms with Gasteiger partial charge in [0.15, 0.2) is 6.61 Å². The number of aryl methyl sites for hydroxylation is 2. The molecule has 1 aromatic rings. The number of carbonyl (C=O) groups excluding carboxylic acids is 1. The third kappa shape index (κ3) is 3.73. The SMILES string of the molecule is Cc1ccc(OCC(=O)N2CCCC2C2COCCC2O)c(C)c1. The van der Waals surface area contributed by atoms with Crippen LogP contribution in [0.2, 0.25) is 0 Å². The fraction of sp³-hybridized carbons (Fsp3) is 0.632. The lowest BCUT2D eigenvalue weighted by atomic mass is 9.89. The minimum Gasteiger partial charge on any atom is -0.484 e. The monoisotopic (exact) mass is 333 g/mol. The maximum Gasteiger partial charge on any atom is 0.260 e. The lowest BCUT2D eigenvalue weighted by Crippen LogP contribution is -2.49. The van der Waals surface area contributed by atoms with Gasteiger partial charge in [0, 0.05) is 25.1 Å². The lowest BCUT2D eigenvalue weighted by Gasteiger charge is -2.36. The molecule has 2 fully saturated rings. The smallest absolute Gasteiger partial charge is 0.260 e. The van der Waals surface area contributed by atoms with Gasteiger partial charge in [0.25, 0.3) is 5.91 Å². The fourth-order valence-electron chi connectivity index (χ4n) is 3.85. The molecule has 2 aliphatic heterocycles. The first-order chi connectivity index (χ1) is 11.6. The van der Waals surface area contributed by atoms with Crippen molar-refractivity contribution in [3.8, 4) is 5.75 Å². The molecule has 0 spiro atoms. The summed E-state index contributed by atoms with van der Waals surface area (Å²) in [6.45, 7) is 5.95. The zero-order valence-corrected chi connectivity index (χ0v) is 14.5. The molecule has 1 N–H and O–H groups in total. The Balaban J connectivity index is 1.61. The first kappa shape index (κ1) is 17.2. The van der Waals surface area contributed by atoms with Crippen LogP contribution in [-0.4, -0.2) is 54.4 Å². The molecule has 132 valence electrons. The molecule has 0 aromatic heterocycles. The highest BCUT2D eigenvalue weighted by Gasteiger charge is 2.39. The van der Waals surface area contributed by atoms with Crippen molar-refractivity contribution < 1.29 is 19.4 Å². The second kappa shape index (κ2) is 7.53. The van der Waals surface area contributed by atoms with Gasteiger partial charge in [-0.25, -0.2) is 0 Å². The highest BCUT2D eigenvalue weighted by atomic mass is 16.5. The van der Waals surface area contributed by atoms with E-state index in [0.717, 1.165) is 30.7 Å². The summed E-state index contributed by atoms with van der Waals surface area (Å²) in [6, 6.07) is 6.02. The van der Waals surface area contributed by atoms with Gasteiger partial charge in [0.1, 0.15) is 5.75 Å². The van der Waals surface area contributed by atoms with Crippen LogP contribution in [0.5, 0.6) is 5.75 Å². The molecule has 1 amide bonds. The van der Waals surface area contributed by atoms with E-state index < -0.39 is 0 Å². The van der Waals surface area contributed by atoms with Crippen molar-refractivity contribution in [2.75, 3.05) is 26.4 Å². The number of benzene rings is 1. The van der Waals surface area contributed by atoms with E-state index in [-0.39, 0.29) is 30.6 Å². The van der Waals surface area contributed by atoms with Gasteiger partial charge in [-0.15, -0.1) is 0 Å². The minimum absolute atomic E-state index is 0.00440. The Bertz CT molecular complexity index is 589. The molecule has 0 saturated carbocycles. The molecule has 0 bridgehead atoms. The highest BCUT2D eigenvalue weighted by Crippen LogP contribution is 2.30. The quantitative estimate of drug-likeness (QED) is 0.916. The van der Waals surface area contributed by atoms with Crippen molar-refractivity contribution >= 4 is 5.91 Å². The van der Waals surface area contributed by atoms with Crippen molar-refractivity contribution in [2.45, 2.75) is 45.3 Å². The van der Waals surface area contributed by atoms with E-state index in [0.29, 0.717) is 19.6 Å². The van der Waals surface area contributed by atoms with E-state index in [9.17, 15) is 9.90 Å². The van der Waals surface area contributed by atoms with Crippen LogP contribution in [-0.2, 0) is 9.53 Å². The van der Waals surface area contributed by atoms with Crippen LogP contribution < -0.4 is 4.74 Å². The number of amides is 1. The van der Waals surface area contributed by atoms with Gasteiger partial charge in [0.05, 0.1) is 12.7 Å². The molecule has 0 aliphatic carbocycles. The number of aliphatic hydroxyl groups is 1. The van der Waals surface area contributed by atoms with E-state index in [4.69, 9.17) is 9.47 Å². The molecule has 2 heterocycles. The van der Waals surface area contributed by atoms with E-state index in [1.807, 2.05) is 36.9 Å². The first-order valence-corrected chi connectivity index (χ1v) is 8.81. The highest BCUT2D eigenvalue weighted by molar-refractivity contribution is 5.78. The molecule has 24 heavy (non-hydrogen) atoms. The number of rotatable bonds is 4. The van der Waals surface area contributed by atoms with Gasteiger partial charge < -0.3 is 19.5 Å². The third-order valence-electron chi connectivity index (χ3n) is 5.16. The Morgan fingerprint density at radius 2 is 2.21 bits per heavy atom. The fourth-order valence-corrected chi connectivity index (χ4v) is 3.85. The van der Waals surface area contributed by atoms with Crippen molar-refractivity contribution in [3.63, 3.8) is 0 Å². The maximum atomic E-state index is 12.6. The normalized spacial score (nSPS) is 27.3. The molecule has 0 radical (unpaired) electrons. The number of nitrogens with zero attached hydrogens (tertiary/aromatic N) is 1. The third-order valence-corrected chi connectivity index (χ3v) is 5.16. The Hall–Kier alpha value is -1.59. The van der Waals surface area contributed by atoms with Crippen LogP contribution in [0.15, 0.2) is 18.2 Å². The number of hydrogen-bond acceptors (Lipinski definition) is 4. The summed E-state index contributed by atoms with van der Waals surface area (Å²) < 4.78 is 11.3. The number of likely N-dealkylation sites (tertiary alicyclic amines) is 1. The summed E-state index contributed by atoms with van der Waals surface area (Å²) >= 11 is 0. The van der Waals surface area contributed by atoms with Gasteiger partial charge in [-0.05, 0) is 44.7 Å². The summed E-state index contributed by atoms with van der Waals surface area (Å²) in [4.78, 5) is 14.5. The molecule has 1 aromatic carbocycles. The van der Waals surface area contributed by atoms with Crippen molar-refractivity contribution in [1.29, 1.82) is 0 Å². The summed E-state index contributed by atoms with van der Waals surface area (Å²) in [5.74, 6) is 0.771. The second-order valence-corrected chi connectivity index (χ2v) is 6.95. The first-order valence-electron chi connectivity index (χ1n) is 8.81. The van der Waals surface area contributed by atoms with E-state index in [1.54, 1.807) is 0 Å². The topological polar surface area (TPSA) is 59.0 Å². The standard InChI is InChI=1S/C19H27NO4/c1-13-5-6-18(14(2)10-13)24-12-19(22)20-8-3-4-16(20)15-11-23-9-7-17(15)21/h5-6,10,15-17,21H,3-4,7-9,11-12H2,1-2H3. The molecule has 3 rings (SSSR count). The van der Waals surface area contributed by atoms with Gasteiger partial charge in [-0.2, -0.15) is 0 Å². The van der Waals surface area contributed by atoms with Crippen molar-refractivity contribution in [3.05, 3.63) is 29.3 Å². The summed E-state index contributed by atoms with van der Waals surface area (Å²) in [5, 5.41) is 10.2. The Morgan fingerprint density at radius 3 is 2.96 bits per heavy atom. The molecule has 2 aliphatic rings. The predicted octanol–water partition coefficient (Wildman–Crippen LogP) is 2.07. The van der Waals surface area contributed by atoms with Crippen LogP contribution in [0.25, 0.3) is 0 Å². The summed E-state index contributed by atoms with van der Waals surface area (Å²) in [7, 11) is 0. The molecule has 2 saturated heterocycles. The zero-order chi connectivity index (χ0) is 17.1. The Labute approximate surface area is 143 Å². The Kier molecular flexibility index (Phi) is 5.41. The van der Waals surface area contributed by atoms with Crippen molar-refractivity contribution in [2.24, 2.45) is 5.92 Å². The summed E-state index contributed by atoms with van der Waals surface area (Å²) in [5.41, 5.74) is 2.22. The van der Waals surface area contributed by atoms with Gasteiger partial charge in [-0.1, -0.05) is 17.7 Å². The van der Waals surface area contributed by atoms with Crippen LogP contribution >= 0.6 is 0 Å². The van der Waals surface area contributed by atoms with Crippen LogP contribution in [0.3, 0.4) is 0 Å². The van der Waals surface area contributed by atoms with Crippen molar-refractivity contribution in [1.82, 2.24) is 4.90 Å². The molecule has 5 heteroatoms. The number of carbonyl (C=O) groups is 1. The van der Waals surface area contributed by atoms with Crippen LogP contribution in [0, 0.1) is 19.8 Å². The molecule has 3 unspecified atom stereocenters. The zero-order valence-electron chi connectivity index (χ0n) is 14.5. The maximum absolute atomic E-state index is 12.6. The van der Waals surface area contributed by atoms with Crippen LogP contribution in [0.1, 0.15) is 30.4 Å². The molecular formula is C19H27NO4. The van der Waals surface area contributed by atoms with E-state index >= 15 is 0 Å². The number of aliphatic hydroxyl groups excluding tert-OH is 1. The summed E-state index contributed by atoms with van der Waals surface area (Å²) in [6.07, 6.45) is 2.18. The van der Waals surface area contributed by atoms with Gasteiger partial charge in [-0.3, -0.25) is 4.79 Å². The number of hydrogen-bond donors (Lipinski definition) is 1. The average Bonchev–Trinajstić information content (AvgIpc) is 3.03. The van der Waals surface area contributed by atoms with E-state index in [1.165, 1.54) is 5.56 Å². The molecule has 5 nitrogen and oxygen atoms in total. The number of ether oxygens (including phenoxy) is 2. The molecule has 3 atom stereocenters. The van der Waals surface area contributed by atoms with Gasteiger partial charge in [0.2, 0.25) is 0 Å². The minimum atomic E-state index is -0.377. The lowest BCUT2D eigenvalue weighted by molar-refractivity contribution is -0.138. The van der Waals surface area contributed by atoms with E-state index in [2.05, 4.69) is 0 Å².